The highest BCUT2D eigenvalue weighted by atomic mass is 16.4. The number of benzene rings is 1. The second kappa shape index (κ2) is 6.05. The molecule has 0 bridgehead atoms. The molecule has 1 aromatic rings. The molecule has 1 amide bonds. The van der Waals surface area contributed by atoms with Gasteiger partial charge < -0.3 is 10.0 Å². The topological polar surface area (TPSA) is 60.9 Å². The summed E-state index contributed by atoms with van der Waals surface area (Å²) in [6.45, 7) is 5.85. The molecular formula is C15H20N2O3. The first-order valence-electron chi connectivity index (χ1n) is 6.79. The summed E-state index contributed by atoms with van der Waals surface area (Å²) < 4.78 is 0. The Morgan fingerprint density at radius 3 is 2.55 bits per heavy atom. The number of carbonyl (C=O) groups is 2. The smallest absolute Gasteiger partial charge is 0.407 e. The van der Waals surface area contributed by atoms with Crippen LogP contribution in [0.25, 0.3) is 0 Å². The van der Waals surface area contributed by atoms with E-state index in [1.807, 2.05) is 32.0 Å². The van der Waals surface area contributed by atoms with Crippen LogP contribution in [0.1, 0.15) is 29.8 Å². The lowest BCUT2D eigenvalue weighted by Gasteiger charge is -2.43. The average Bonchev–Trinajstić information content (AvgIpc) is 2.42. The zero-order valence-corrected chi connectivity index (χ0v) is 11.8. The molecule has 1 aliphatic rings. The Kier molecular flexibility index (Phi) is 4.39. The van der Waals surface area contributed by atoms with Crippen molar-refractivity contribution >= 4 is 12.4 Å². The molecule has 0 aliphatic carbocycles. The Bertz CT molecular complexity index is 492. The third-order valence-electron chi connectivity index (χ3n) is 3.82. The number of carbonyl (C=O) groups excluding carboxylic acids is 1. The van der Waals surface area contributed by atoms with Gasteiger partial charge in [-0.3, -0.25) is 9.69 Å². The monoisotopic (exact) mass is 276 g/mol. The molecule has 1 N–H and O–H groups in total. The summed E-state index contributed by atoms with van der Waals surface area (Å²) in [6.07, 6.45) is -0.00932. The van der Waals surface area contributed by atoms with E-state index in [0.29, 0.717) is 18.7 Å². The van der Waals surface area contributed by atoms with E-state index < -0.39 is 6.09 Å². The maximum absolute atomic E-state index is 11.1. The Morgan fingerprint density at radius 2 is 2.00 bits per heavy atom. The first kappa shape index (κ1) is 14.5. The van der Waals surface area contributed by atoms with E-state index in [2.05, 4.69) is 4.90 Å². The van der Waals surface area contributed by atoms with Crippen LogP contribution in [-0.4, -0.2) is 52.5 Å². The van der Waals surface area contributed by atoms with Gasteiger partial charge in [0.15, 0.2) is 0 Å². The van der Waals surface area contributed by atoms with Crippen molar-refractivity contribution in [3.05, 3.63) is 35.4 Å². The molecule has 2 atom stereocenters. The van der Waals surface area contributed by atoms with Crippen molar-refractivity contribution in [1.82, 2.24) is 9.80 Å². The standard InChI is InChI=1S/C15H20N2O3/c1-11-7-16(15(19)20)8-12(2)17(11)9-13-4-3-5-14(6-13)10-18/h3-6,10-12H,7-9H2,1-2H3,(H,19,20)/t11-,12+. The summed E-state index contributed by atoms with van der Waals surface area (Å²) in [6, 6.07) is 7.86. The third-order valence-corrected chi connectivity index (χ3v) is 3.82. The molecule has 1 fully saturated rings. The molecule has 1 aliphatic heterocycles. The number of amides is 1. The van der Waals surface area contributed by atoms with Gasteiger partial charge in [0.2, 0.25) is 0 Å². The molecule has 1 heterocycles. The van der Waals surface area contributed by atoms with Crippen molar-refractivity contribution in [3.8, 4) is 0 Å². The Labute approximate surface area is 118 Å². The fourth-order valence-electron chi connectivity index (χ4n) is 2.80. The maximum atomic E-state index is 11.1. The molecule has 2 rings (SSSR count). The Hall–Kier alpha value is -1.88. The van der Waals surface area contributed by atoms with Gasteiger partial charge in [-0.25, -0.2) is 4.79 Å². The zero-order chi connectivity index (χ0) is 14.7. The van der Waals surface area contributed by atoms with E-state index in [1.165, 1.54) is 4.90 Å². The molecule has 5 heteroatoms. The van der Waals surface area contributed by atoms with Crippen LogP contribution in [-0.2, 0) is 6.54 Å². The minimum absolute atomic E-state index is 0.162. The Balaban J connectivity index is 2.08. The van der Waals surface area contributed by atoms with Crippen LogP contribution in [0.5, 0.6) is 0 Å². The van der Waals surface area contributed by atoms with Crippen LogP contribution in [0.2, 0.25) is 0 Å². The minimum Gasteiger partial charge on any atom is -0.465 e. The first-order chi connectivity index (χ1) is 9.51. The molecule has 20 heavy (non-hydrogen) atoms. The lowest BCUT2D eigenvalue weighted by molar-refractivity contribution is 0.0350. The molecule has 0 radical (unpaired) electrons. The summed E-state index contributed by atoms with van der Waals surface area (Å²) in [5, 5.41) is 9.09. The molecule has 1 aromatic carbocycles. The number of nitrogens with zero attached hydrogens (tertiary/aromatic N) is 2. The summed E-state index contributed by atoms with van der Waals surface area (Å²) in [5.41, 5.74) is 1.75. The zero-order valence-electron chi connectivity index (χ0n) is 11.8. The van der Waals surface area contributed by atoms with E-state index in [-0.39, 0.29) is 12.1 Å². The van der Waals surface area contributed by atoms with E-state index in [4.69, 9.17) is 5.11 Å². The quantitative estimate of drug-likeness (QED) is 0.859. The van der Waals surface area contributed by atoms with E-state index in [0.717, 1.165) is 18.4 Å². The van der Waals surface area contributed by atoms with Crippen LogP contribution in [0.15, 0.2) is 24.3 Å². The summed E-state index contributed by atoms with van der Waals surface area (Å²) >= 11 is 0. The van der Waals surface area contributed by atoms with Crippen LogP contribution in [0.4, 0.5) is 4.79 Å². The number of rotatable bonds is 3. The molecule has 1 saturated heterocycles. The number of piperazine rings is 1. The van der Waals surface area contributed by atoms with Crippen LogP contribution in [0.3, 0.4) is 0 Å². The van der Waals surface area contributed by atoms with Crippen molar-refractivity contribution in [3.63, 3.8) is 0 Å². The molecule has 0 spiro atoms. The molecule has 0 unspecified atom stereocenters. The number of hydrogen-bond donors (Lipinski definition) is 1. The summed E-state index contributed by atoms with van der Waals surface area (Å²) in [5.74, 6) is 0. The van der Waals surface area contributed by atoms with E-state index in [9.17, 15) is 9.59 Å². The second-order valence-electron chi connectivity index (χ2n) is 5.42. The molecule has 0 aromatic heterocycles. The fourth-order valence-corrected chi connectivity index (χ4v) is 2.80. The third kappa shape index (κ3) is 3.17. The minimum atomic E-state index is -0.855. The van der Waals surface area contributed by atoms with E-state index >= 15 is 0 Å². The van der Waals surface area contributed by atoms with Gasteiger partial charge in [0.25, 0.3) is 0 Å². The predicted molar refractivity (Wildman–Crippen MR) is 75.9 cm³/mol. The highest BCUT2D eigenvalue weighted by molar-refractivity contribution is 5.74. The van der Waals surface area contributed by atoms with Crippen molar-refractivity contribution in [2.45, 2.75) is 32.5 Å². The summed E-state index contributed by atoms with van der Waals surface area (Å²) in [7, 11) is 0. The lowest BCUT2D eigenvalue weighted by atomic mass is 10.1. The molecular weight excluding hydrogens is 256 g/mol. The van der Waals surface area contributed by atoms with Gasteiger partial charge in [-0.15, -0.1) is 0 Å². The first-order valence-corrected chi connectivity index (χ1v) is 6.79. The molecule has 5 nitrogen and oxygen atoms in total. The molecule has 108 valence electrons. The van der Waals surface area contributed by atoms with Gasteiger partial charge in [0.05, 0.1) is 0 Å². The Morgan fingerprint density at radius 1 is 1.35 bits per heavy atom. The van der Waals surface area contributed by atoms with Crippen molar-refractivity contribution in [1.29, 1.82) is 0 Å². The van der Waals surface area contributed by atoms with Gasteiger partial charge in [-0.05, 0) is 25.5 Å². The number of aldehydes is 1. The van der Waals surface area contributed by atoms with Crippen LogP contribution < -0.4 is 0 Å². The van der Waals surface area contributed by atoms with Gasteiger partial charge in [-0.1, -0.05) is 18.2 Å². The van der Waals surface area contributed by atoms with Crippen molar-refractivity contribution in [2.24, 2.45) is 0 Å². The van der Waals surface area contributed by atoms with Gasteiger partial charge >= 0.3 is 6.09 Å². The van der Waals surface area contributed by atoms with Gasteiger partial charge in [-0.2, -0.15) is 0 Å². The van der Waals surface area contributed by atoms with Crippen LogP contribution in [0, 0.1) is 0 Å². The van der Waals surface area contributed by atoms with Crippen LogP contribution >= 0.6 is 0 Å². The normalized spacial score (nSPS) is 23.6. The highest BCUT2D eigenvalue weighted by Gasteiger charge is 2.31. The maximum Gasteiger partial charge on any atom is 0.407 e. The fraction of sp³-hybridized carbons (Fsp3) is 0.467. The molecule has 0 saturated carbocycles. The summed E-state index contributed by atoms with van der Waals surface area (Å²) in [4.78, 5) is 25.6. The van der Waals surface area contributed by atoms with Crippen molar-refractivity contribution < 1.29 is 14.7 Å². The lowest BCUT2D eigenvalue weighted by Crippen LogP contribution is -2.57. The predicted octanol–water partition coefficient (Wildman–Crippen LogP) is 2.07. The number of carboxylic acid groups (broad SMARTS) is 1. The number of hydrogen-bond acceptors (Lipinski definition) is 3. The highest BCUT2D eigenvalue weighted by Crippen LogP contribution is 2.19. The van der Waals surface area contributed by atoms with Crippen molar-refractivity contribution in [2.75, 3.05) is 13.1 Å². The van der Waals surface area contributed by atoms with Gasteiger partial charge in [0.1, 0.15) is 6.29 Å². The second-order valence-corrected chi connectivity index (χ2v) is 5.42. The van der Waals surface area contributed by atoms with Gasteiger partial charge in [0, 0.05) is 37.3 Å². The average molecular weight is 276 g/mol. The SMILES string of the molecule is C[C@@H]1CN(C(=O)O)C[C@H](C)N1Cc1cccc(C=O)c1. The van der Waals surface area contributed by atoms with E-state index in [1.54, 1.807) is 6.07 Å². The largest absolute Gasteiger partial charge is 0.465 e.